The molecule has 1 aliphatic rings. The van der Waals surface area contributed by atoms with Crippen LogP contribution in [-0.2, 0) is 4.74 Å². The molecule has 10 heavy (non-hydrogen) atoms. The predicted molar refractivity (Wildman–Crippen MR) is 41.2 cm³/mol. The van der Waals surface area contributed by atoms with Gasteiger partial charge >= 0.3 is 0 Å². The number of rotatable bonds is 3. The normalized spacial score (nSPS) is 30.1. The number of hydrogen-bond donors (Lipinski definition) is 2. The molecule has 1 atom stereocenters. The number of piperazine rings is 1. The monoisotopic (exact) mass is 145 g/mol. The molecule has 0 aromatic carbocycles. The molecule has 60 valence electrons. The van der Waals surface area contributed by atoms with E-state index in [2.05, 4.69) is 5.32 Å². The molecule has 1 heterocycles. The van der Waals surface area contributed by atoms with E-state index in [9.17, 15) is 0 Å². The van der Waals surface area contributed by atoms with Gasteiger partial charge in [-0.15, -0.1) is 0 Å². The second-order valence-corrected chi connectivity index (χ2v) is 2.56. The van der Waals surface area contributed by atoms with Crippen LogP contribution in [0.5, 0.6) is 0 Å². The first-order valence-electron chi connectivity index (χ1n) is 4.24. The maximum atomic E-state index is 7.39. The maximum absolute atomic E-state index is 7.39. The molecule has 1 aliphatic heterocycles. The van der Waals surface area contributed by atoms with Gasteiger partial charge in [0.15, 0.2) is 0 Å². The highest BCUT2D eigenvalue weighted by Crippen LogP contribution is 1.93. The van der Waals surface area contributed by atoms with Gasteiger partial charge in [0, 0.05) is 39.4 Å². The predicted octanol–water partition coefficient (Wildman–Crippen LogP) is -0.416. The van der Waals surface area contributed by atoms with Crippen LogP contribution in [0.1, 0.15) is 6.42 Å². The summed E-state index contributed by atoms with van der Waals surface area (Å²) in [4.78, 5) is 0. The molecule has 0 amide bonds. The standard InChI is InChI=1S/C7H16N2O/c1-10-5-2-7-6-8-3-4-9-7/h7-9H,2-6H2,1H3/i/hD. The molecule has 0 aliphatic carbocycles. The van der Waals surface area contributed by atoms with Gasteiger partial charge in [-0.25, -0.2) is 0 Å². The molecule has 0 aromatic rings. The molecular formula is C7H16N2O. The van der Waals surface area contributed by atoms with E-state index >= 15 is 0 Å². The molecule has 1 rings (SSSR count). The zero-order chi connectivity index (χ0) is 8.10. The lowest BCUT2D eigenvalue weighted by atomic mass is 10.2. The molecule has 1 fully saturated rings. The van der Waals surface area contributed by atoms with Crippen molar-refractivity contribution in [2.24, 2.45) is 0 Å². The van der Waals surface area contributed by atoms with E-state index in [-0.39, 0.29) is 0 Å². The third-order valence-electron chi connectivity index (χ3n) is 1.72. The molecule has 0 saturated carbocycles. The van der Waals surface area contributed by atoms with E-state index < -0.39 is 0 Å². The van der Waals surface area contributed by atoms with E-state index in [1.54, 1.807) is 12.4 Å². The van der Waals surface area contributed by atoms with Crippen LogP contribution >= 0.6 is 0 Å². The molecule has 2 N–H and O–H groups in total. The van der Waals surface area contributed by atoms with Gasteiger partial charge in [-0.3, -0.25) is 0 Å². The summed E-state index contributed by atoms with van der Waals surface area (Å²) < 4.78 is 12.4. The lowest BCUT2D eigenvalue weighted by Crippen LogP contribution is -2.48. The lowest BCUT2D eigenvalue weighted by Gasteiger charge is -2.23. The Hall–Kier alpha value is -0.120. The van der Waals surface area contributed by atoms with Gasteiger partial charge in [0.25, 0.3) is 0 Å². The minimum atomic E-state index is 0.446. The molecule has 1 unspecified atom stereocenters. The Bertz CT molecular complexity index is 113. The number of methoxy groups -OCH3 is 1. The van der Waals surface area contributed by atoms with Gasteiger partial charge in [0.05, 0.1) is 0 Å². The van der Waals surface area contributed by atoms with E-state index in [1.807, 2.05) is 0 Å². The Morgan fingerprint density at radius 2 is 2.60 bits per heavy atom. The van der Waals surface area contributed by atoms with E-state index in [0.717, 1.165) is 32.7 Å². The summed E-state index contributed by atoms with van der Waals surface area (Å²) in [7, 11) is 1.71. The zero-order valence-corrected chi connectivity index (χ0v) is 6.47. The third-order valence-corrected chi connectivity index (χ3v) is 1.72. The molecule has 0 spiro atoms. The van der Waals surface area contributed by atoms with E-state index in [4.69, 9.17) is 6.15 Å². The van der Waals surface area contributed by atoms with E-state index in [0.29, 0.717) is 6.04 Å². The van der Waals surface area contributed by atoms with Crippen molar-refractivity contribution >= 4 is 0 Å². The summed E-state index contributed by atoms with van der Waals surface area (Å²) in [6.07, 6.45) is 1.01. The van der Waals surface area contributed by atoms with Gasteiger partial charge in [-0.2, -0.15) is 0 Å². The van der Waals surface area contributed by atoms with Crippen LogP contribution in [0.2, 0.25) is 1.41 Å². The van der Waals surface area contributed by atoms with Crippen LogP contribution in [0, 0.1) is 0 Å². The quantitative estimate of drug-likeness (QED) is 0.566. The van der Waals surface area contributed by atoms with Crippen molar-refractivity contribution in [3.05, 3.63) is 0 Å². The Kier molecular flexibility index (Phi) is 3.07. The van der Waals surface area contributed by atoms with Gasteiger partial charge in [-0.1, -0.05) is 0 Å². The number of ether oxygens (including phenoxy) is 1. The Morgan fingerprint density at radius 3 is 3.30 bits per heavy atom. The van der Waals surface area contributed by atoms with Gasteiger partial charge < -0.3 is 15.4 Å². The zero-order valence-electron chi connectivity index (χ0n) is 7.47. The van der Waals surface area contributed by atoms with Crippen LogP contribution in [-0.4, -0.2) is 39.4 Å². The van der Waals surface area contributed by atoms with Gasteiger partial charge in [-0.05, 0) is 6.42 Å². The Labute approximate surface area is 63.6 Å². The van der Waals surface area contributed by atoms with Crippen molar-refractivity contribution in [1.82, 2.24) is 10.6 Å². The first-order chi connectivity index (χ1) is 5.33. The first kappa shape index (κ1) is 6.58. The smallest absolute Gasteiger partial charge is 0.122 e. The average molecular weight is 145 g/mol. The molecule has 3 heteroatoms. The lowest BCUT2D eigenvalue weighted by molar-refractivity contribution is 0.179. The van der Waals surface area contributed by atoms with Crippen molar-refractivity contribution < 1.29 is 6.15 Å². The highest BCUT2D eigenvalue weighted by molar-refractivity contribution is 4.74. The van der Waals surface area contributed by atoms with Crippen molar-refractivity contribution in [3.63, 3.8) is 0 Å². The van der Waals surface area contributed by atoms with Crippen LogP contribution in [0.4, 0.5) is 0 Å². The molecule has 3 nitrogen and oxygen atoms in total. The minimum Gasteiger partial charge on any atom is -0.385 e. The summed E-state index contributed by atoms with van der Waals surface area (Å²) in [5, 5.41) is 4.95. The van der Waals surface area contributed by atoms with Crippen LogP contribution in [0.25, 0.3) is 0 Å². The molecule has 0 radical (unpaired) electrons. The minimum absolute atomic E-state index is 0.446. The van der Waals surface area contributed by atoms with Gasteiger partial charge in [0.1, 0.15) is 1.41 Å². The maximum Gasteiger partial charge on any atom is 0.122 e. The van der Waals surface area contributed by atoms with Crippen molar-refractivity contribution in [1.29, 1.82) is 0 Å². The van der Waals surface area contributed by atoms with Crippen molar-refractivity contribution in [2.75, 3.05) is 33.4 Å². The first-order valence-corrected chi connectivity index (χ1v) is 3.79. The number of hydrogen-bond acceptors (Lipinski definition) is 3. The molecular weight excluding hydrogens is 128 g/mol. The Morgan fingerprint density at radius 1 is 1.70 bits per heavy atom. The summed E-state index contributed by atoms with van der Waals surface area (Å²) in [5.41, 5.74) is 0. The molecule has 1 saturated heterocycles. The number of nitrogens with one attached hydrogen (secondary N) is 2. The van der Waals surface area contributed by atoms with Crippen molar-refractivity contribution in [3.8, 4) is 0 Å². The second kappa shape index (κ2) is 4.66. The third kappa shape index (κ3) is 2.64. The van der Waals surface area contributed by atoms with Crippen LogP contribution < -0.4 is 10.6 Å². The van der Waals surface area contributed by atoms with Crippen molar-refractivity contribution in [2.45, 2.75) is 12.5 Å². The van der Waals surface area contributed by atoms with E-state index in [1.165, 1.54) is 0 Å². The fourth-order valence-corrected chi connectivity index (χ4v) is 1.11. The Balaban J connectivity index is 2.12. The molecule has 0 aromatic heterocycles. The summed E-state index contributed by atoms with van der Waals surface area (Å²) in [6.45, 7) is 3.37. The SMILES string of the molecule is [2H]N1CCNC(CCOC)C1. The van der Waals surface area contributed by atoms with Gasteiger partial charge in [0.2, 0.25) is 0 Å². The summed E-state index contributed by atoms with van der Waals surface area (Å²) >= 11 is 0. The fraction of sp³-hybridized carbons (Fsp3) is 1.00. The van der Waals surface area contributed by atoms with Crippen LogP contribution in [0.15, 0.2) is 0 Å². The highest BCUT2D eigenvalue weighted by Gasteiger charge is 2.10. The molecule has 0 bridgehead atoms. The largest absolute Gasteiger partial charge is 0.385 e. The fourth-order valence-electron chi connectivity index (χ4n) is 1.11. The summed E-state index contributed by atoms with van der Waals surface area (Å²) in [6, 6.07) is 0.446. The summed E-state index contributed by atoms with van der Waals surface area (Å²) in [5.74, 6) is 0. The second-order valence-electron chi connectivity index (χ2n) is 2.56. The topological polar surface area (TPSA) is 33.3 Å². The highest BCUT2D eigenvalue weighted by atomic mass is 16.5. The average Bonchev–Trinajstić information content (AvgIpc) is 2.01. The van der Waals surface area contributed by atoms with Crippen LogP contribution in [0.3, 0.4) is 0 Å².